The molecule has 0 saturated carbocycles. The Morgan fingerprint density at radius 2 is 2.00 bits per heavy atom. The van der Waals surface area contributed by atoms with E-state index >= 15 is 0 Å². The molecule has 2 aromatic rings. The summed E-state index contributed by atoms with van der Waals surface area (Å²) < 4.78 is 1.70. The van der Waals surface area contributed by atoms with Crippen molar-refractivity contribution in [2.45, 2.75) is 6.42 Å². The SMILES string of the molecule is Cn1ccc(CCNC(=O)c2cc(O)cc(O)c2)n1. The highest BCUT2D eigenvalue weighted by Gasteiger charge is 2.08. The average Bonchev–Trinajstić information content (AvgIpc) is 2.73. The van der Waals surface area contributed by atoms with Gasteiger partial charge in [-0.25, -0.2) is 0 Å². The predicted octanol–water partition coefficient (Wildman–Crippen LogP) is 0.804. The summed E-state index contributed by atoms with van der Waals surface area (Å²) in [6.07, 6.45) is 2.46. The van der Waals surface area contributed by atoms with Gasteiger partial charge < -0.3 is 15.5 Å². The molecule has 6 heteroatoms. The number of hydrogen-bond acceptors (Lipinski definition) is 4. The van der Waals surface area contributed by atoms with Gasteiger partial charge in [0.05, 0.1) is 5.69 Å². The monoisotopic (exact) mass is 261 g/mol. The largest absolute Gasteiger partial charge is 0.508 e. The summed E-state index contributed by atoms with van der Waals surface area (Å²) in [5.74, 6) is -0.633. The van der Waals surface area contributed by atoms with E-state index in [0.29, 0.717) is 13.0 Å². The number of nitrogens with one attached hydrogen (secondary N) is 1. The van der Waals surface area contributed by atoms with Crippen molar-refractivity contribution in [1.29, 1.82) is 0 Å². The summed E-state index contributed by atoms with van der Waals surface area (Å²) >= 11 is 0. The van der Waals surface area contributed by atoms with Gasteiger partial charge in [0.25, 0.3) is 5.91 Å². The number of hydrogen-bond donors (Lipinski definition) is 3. The normalized spacial score (nSPS) is 10.4. The number of phenolic OH excluding ortho intramolecular Hbond substituents is 2. The molecule has 0 aliphatic rings. The lowest BCUT2D eigenvalue weighted by Crippen LogP contribution is -2.25. The molecular formula is C13H15N3O3. The van der Waals surface area contributed by atoms with Gasteiger partial charge in [0.1, 0.15) is 11.5 Å². The van der Waals surface area contributed by atoms with Crippen molar-refractivity contribution in [3.05, 3.63) is 41.7 Å². The minimum atomic E-state index is -0.345. The Morgan fingerprint density at radius 1 is 1.32 bits per heavy atom. The molecule has 6 nitrogen and oxygen atoms in total. The van der Waals surface area contributed by atoms with E-state index in [1.807, 2.05) is 19.3 Å². The molecule has 3 N–H and O–H groups in total. The molecule has 0 bridgehead atoms. The van der Waals surface area contributed by atoms with E-state index in [4.69, 9.17) is 0 Å². The Bertz CT molecular complexity index is 572. The topological polar surface area (TPSA) is 87.4 Å². The lowest BCUT2D eigenvalue weighted by Gasteiger charge is -2.05. The fourth-order valence-electron chi connectivity index (χ4n) is 1.73. The van der Waals surface area contributed by atoms with Gasteiger partial charge in [-0.3, -0.25) is 9.48 Å². The number of aromatic hydroxyl groups is 2. The standard InChI is InChI=1S/C13H15N3O3/c1-16-5-3-10(15-16)2-4-14-13(19)9-6-11(17)8-12(18)7-9/h3,5-8,17-18H,2,4H2,1H3,(H,14,19). The van der Waals surface area contributed by atoms with Gasteiger partial charge in [-0.1, -0.05) is 0 Å². The fraction of sp³-hybridized carbons (Fsp3) is 0.231. The first-order valence-corrected chi connectivity index (χ1v) is 5.84. The van der Waals surface area contributed by atoms with Crippen molar-refractivity contribution in [3.63, 3.8) is 0 Å². The van der Waals surface area contributed by atoms with E-state index in [1.165, 1.54) is 18.2 Å². The first kappa shape index (κ1) is 12.9. The van der Waals surface area contributed by atoms with Crippen LogP contribution in [0.25, 0.3) is 0 Å². The minimum Gasteiger partial charge on any atom is -0.508 e. The highest BCUT2D eigenvalue weighted by atomic mass is 16.3. The van der Waals surface area contributed by atoms with Crippen LogP contribution < -0.4 is 5.32 Å². The first-order valence-electron chi connectivity index (χ1n) is 5.84. The molecule has 0 spiro atoms. The summed E-state index contributed by atoms with van der Waals surface area (Å²) in [4.78, 5) is 11.8. The Kier molecular flexibility index (Phi) is 3.70. The van der Waals surface area contributed by atoms with Crippen molar-refractivity contribution in [2.75, 3.05) is 6.54 Å². The van der Waals surface area contributed by atoms with E-state index in [9.17, 15) is 15.0 Å². The smallest absolute Gasteiger partial charge is 0.251 e. The summed E-state index contributed by atoms with van der Waals surface area (Å²) in [6.45, 7) is 0.437. The molecule has 100 valence electrons. The summed E-state index contributed by atoms with van der Waals surface area (Å²) in [7, 11) is 1.83. The van der Waals surface area contributed by atoms with Gasteiger partial charge >= 0.3 is 0 Å². The molecule has 1 aromatic carbocycles. The molecule has 0 aliphatic heterocycles. The van der Waals surface area contributed by atoms with Gasteiger partial charge in [-0.05, 0) is 18.2 Å². The van der Waals surface area contributed by atoms with Crippen LogP contribution >= 0.6 is 0 Å². The van der Waals surface area contributed by atoms with E-state index in [2.05, 4.69) is 10.4 Å². The number of nitrogens with zero attached hydrogens (tertiary/aromatic N) is 2. The predicted molar refractivity (Wildman–Crippen MR) is 69.0 cm³/mol. The number of carbonyl (C=O) groups is 1. The van der Waals surface area contributed by atoms with Gasteiger partial charge in [0.15, 0.2) is 0 Å². The van der Waals surface area contributed by atoms with Crippen LogP contribution in [-0.2, 0) is 13.5 Å². The van der Waals surface area contributed by atoms with Crippen molar-refractivity contribution in [3.8, 4) is 11.5 Å². The van der Waals surface area contributed by atoms with Crippen LogP contribution in [0.5, 0.6) is 11.5 Å². The lowest BCUT2D eigenvalue weighted by atomic mass is 10.2. The maximum absolute atomic E-state index is 11.8. The number of phenols is 2. The number of benzene rings is 1. The van der Waals surface area contributed by atoms with Gasteiger partial charge in [0.2, 0.25) is 0 Å². The second-order valence-electron chi connectivity index (χ2n) is 4.22. The molecule has 1 amide bonds. The number of rotatable bonds is 4. The van der Waals surface area contributed by atoms with Crippen LogP contribution in [0.4, 0.5) is 0 Å². The van der Waals surface area contributed by atoms with Crippen LogP contribution in [-0.4, -0.2) is 32.4 Å². The maximum Gasteiger partial charge on any atom is 0.251 e. The van der Waals surface area contributed by atoms with Crippen molar-refractivity contribution in [2.24, 2.45) is 7.05 Å². The molecule has 19 heavy (non-hydrogen) atoms. The van der Waals surface area contributed by atoms with Crippen LogP contribution in [0.15, 0.2) is 30.5 Å². The summed E-state index contributed by atoms with van der Waals surface area (Å²) in [6, 6.07) is 5.66. The third kappa shape index (κ3) is 3.48. The Morgan fingerprint density at radius 3 is 2.58 bits per heavy atom. The zero-order valence-corrected chi connectivity index (χ0v) is 10.5. The lowest BCUT2D eigenvalue weighted by molar-refractivity contribution is 0.0953. The van der Waals surface area contributed by atoms with Crippen LogP contribution in [0.3, 0.4) is 0 Å². The number of amides is 1. The average molecular weight is 261 g/mol. The molecule has 1 aromatic heterocycles. The molecule has 0 fully saturated rings. The molecule has 0 radical (unpaired) electrons. The summed E-state index contributed by atoms with van der Waals surface area (Å²) in [5.41, 5.74) is 1.11. The van der Waals surface area contributed by atoms with Gasteiger partial charge in [-0.2, -0.15) is 5.10 Å². The Labute approximate surface area is 110 Å². The van der Waals surface area contributed by atoms with Crippen molar-refractivity contribution < 1.29 is 15.0 Å². The molecular weight excluding hydrogens is 246 g/mol. The van der Waals surface area contributed by atoms with E-state index < -0.39 is 0 Å². The third-order valence-electron chi connectivity index (χ3n) is 2.60. The zero-order chi connectivity index (χ0) is 13.8. The number of aryl methyl sites for hydroxylation is 1. The number of carbonyl (C=O) groups excluding carboxylic acids is 1. The van der Waals surface area contributed by atoms with Crippen molar-refractivity contribution in [1.82, 2.24) is 15.1 Å². The number of aromatic nitrogens is 2. The van der Waals surface area contributed by atoms with E-state index in [-0.39, 0.29) is 23.0 Å². The van der Waals surface area contributed by atoms with Crippen LogP contribution in [0, 0.1) is 0 Å². The molecule has 2 rings (SSSR count). The molecule has 0 aliphatic carbocycles. The van der Waals surface area contributed by atoms with Crippen LogP contribution in [0.1, 0.15) is 16.1 Å². The second kappa shape index (κ2) is 5.43. The second-order valence-corrected chi connectivity index (χ2v) is 4.22. The maximum atomic E-state index is 11.8. The Balaban J connectivity index is 1.90. The zero-order valence-electron chi connectivity index (χ0n) is 10.5. The van der Waals surface area contributed by atoms with E-state index in [1.54, 1.807) is 4.68 Å². The van der Waals surface area contributed by atoms with Gasteiger partial charge in [-0.15, -0.1) is 0 Å². The highest BCUT2D eigenvalue weighted by molar-refractivity contribution is 5.95. The molecule has 1 heterocycles. The minimum absolute atomic E-state index is 0.144. The third-order valence-corrected chi connectivity index (χ3v) is 2.60. The van der Waals surface area contributed by atoms with Gasteiger partial charge in [0, 0.05) is 37.8 Å². The highest BCUT2D eigenvalue weighted by Crippen LogP contribution is 2.20. The van der Waals surface area contributed by atoms with Crippen molar-refractivity contribution >= 4 is 5.91 Å². The van der Waals surface area contributed by atoms with Crippen LogP contribution in [0.2, 0.25) is 0 Å². The fourth-order valence-corrected chi connectivity index (χ4v) is 1.73. The molecule has 0 unspecified atom stereocenters. The van der Waals surface area contributed by atoms with E-state index in [0.717, 1.165) is 5.69 Å². The Hall–Kier alpha value is -2.50. The quantitative estimate of drug-likeness (QED) is 0.759. The molecule has 0 atom stereocenters. The molecule has 0 saturated heterocycles. The first-order chi connectivity index (χ1) is 9.04. The summed E-state index contributed by atoms with van der Waals surface area (Å²) in [5, 5.41) is 25.5.